The maximum atomic E-state index is 9.19. The molecule has 0 aliphatic heterocycles. The van der Waals surface area contributed by atoms with E-state index in [4.69, 9.17) is 0 Å². The van der Waals surface area contributed by atoms with Crippen molar-refractivity contribution in [3.8, 4) is 5.75 Å². The van der Waals surface area contributed by atoms with Gasteiger partial charge in [0.05, 0.1) is 0 Å². The van der Waals surface area contributed by atoms with Crippen LogP contribution in [0.5, 0.6) is 5.75 Å². The van der Waals surface area contributed by atoms with Crippen molar-refractivity contribution in [1.82, 2.24) is 0 Å². The summed E-state index contributed by atoms with van der Waals surface area (Å²) in [7, 11) is 0. The molecule has 0 amide bonds. The van der Waals surface area contributed by atoms with Crippen LogP contribution in [0.25, 0.3) is 0 Å². The molecular formula is C14H23NaO. The van der Waals surface area contributed by atoms with E-state index in [1.165, 1.54) is 31.2 Å². The molecule has 0 saturated carbocycles. The fraction of sp³-hybridized carbons (Fsp3) is 0.571. The fourth-order valence-electron chi connectivity index (χ4n) is 1.91. The van der Waals surface area contributed by atoms with E-state index in [2.05, 4.69) is 13.8 Å². The zero-order chi connectivity index (χ0) is 11.1. The van der Waals surface area contributed by atoms with Crippen molar-refractivity contribution in [2.24, 2.45) is 5.92 Å². The number of aromatic hydroxyl groups is 1. The van der Waals surface area contributed by atoms with Gasteiger partial charge in [0.1, 0.15) is 5.75 Å². The van der Waals surface area contributed by atoms with Gasteiger partial charge in [-0.2, -0.15) is 0 Å². The molecule has 1 rings (SSSR count). The number of phenols is 1. The quantitative estimate of drug-likeness (QED) is 0.741. The molecule has 0 aromatic heterocycles. The molecule has 1 nitrogen and oxygen atoms in total. The second kappa shape index (κ2) is 9.09. The molecule has 1 atom stereocenters. The van der Waals surface area contributed by atoms with E-state index in [1.807, 2.05) is 12.1 Å². The normalized spacial score (nSPS) is 11.9. The maximum absolute atomic E-state index is 9.19. The van der Waals surface area contributed by atoms with Crippen molar-refractivity contribution in [1.29, 1.82) is 0 Å². The van der Waals surface area contributed by atoms with Crippen molar-refractivity contribution in [3.05, 3.63) is 29.8 Å². The van der Waals surface area contributed by atoms with Gasteiger partial charge in [0.15, 0.2) is 0 Å². The van der Waals surface area contributed by atoms with Gasteiger partial charge in [0.25, 0.3) is 0 Å². The first-order valence-corrected chi connectivity index (χ1v) is 6.04. The third-order valence-electron chi connectivity index (χ3n) is 3.00. The molecule has 0 bridgehead atoms. The Morgan fingerprint density at radius 1 is 1.12 bits per heavy atom. The minimum absolute atomic E-state index is 0. The average Bonchev–Trinajstić information content (AvgIpc) is 2.27. The molecule has 2 heteroatoms. The van der Waals surface area contributed by atoms with Gasteiger partial charge in [-0.15, -0.1) is 0 Å². The van der Waals surface area contributed by atoms with E-state index < -0.39 is 0 Å². The van der Waals surface area contributed by atoms with E-state index in [-0.39, 0.29) is 29.6 Å². The molecule has 0 aliphatic carbocycles. The van der Waals surface area contributed by atoms with Gasteiger partial charge in [-0.25, -0.2) is 0 Å². The number of unbranched alkanes of at least 4 members (excludes halogenated alkanes) is 1. The summed E-state index contributed by atoms with van der Waals surface area (Å²) in [6.07, 6.45) is 6.34. The van der Waals surface area contributed by atoms with Crippen LogP contribution in [0.4, 0.5) is 0 Å². The van der Waals surface area contributed by atoms with Crippen molar-refractivity contribution < 1.29 is 5.11 Å². The predicted molar refractivity (Wildman–Crippen MR) is 72.3 cm³/mol. The molecule has 1 aromatic carbocycles. The molecule has 0 aliphatic rings. The summed E-state index contributed by atoms with van der Waals surface area (Å²) in [6, 6.07) is 7.62. The molecule has 0 radical (unpaired) electrons. The summed E-state index contributed by atoms with van der Waals surface area (Å²) in [5.41, 5.74) is 1.34. The zero-order valence-corrected chi connectivity index (χ0v) is 9.87. The van der Waals surface area contributed by atoms with Crippen LogP contribution in [0.3, 0.4) is 0 Å². The monoisotopic (exact) mass is 230 g/mol. The summed E-state index contributed by atoms with van der Waals surface area (Å²) in [4.78, 5) is 0. The first-order chi connectivity index (χ1) is 7.26. The van der Waals surface area contributed by atoms with Gasteiger partial charge in [0.2, 0.25) is 0 Å². The van der Waals surface area contributed by atoms with E-state index in [0.717, 1.165) is 12.3 Å². The second-order valence-corrected chi connectivity index (χ2v) is 4.29. The molecule has 86 valence electrons. The fourth-order valence-corrected chi connectivity index (χ4v) is 1.91. The molecule has 0 fully saturated rings. The van der Waals surface area contributed by atoms with Gasteiger partial charge in [-0.05, 0) is 30.0 Å². The molecule has 1 aromatic rings. The van der Waals surface area contributed by atoms with Gasteiger partial charge in [-0.3, -0.25) is 0 Å². The van der Waals surface area contributed by atoms with Gasteiger partial charge >= 0.3 is 29.6 Å². The molecule has 1 N–H and O–H groups in total. The molecule has 0 saturated heterocycles. The number of rotatable bonds is 6. The summed E-state index contributed by atoms with van der Waals surface area (Å²) in [5, 5.41) is 9.19. The number of phenolic OH excluding ortho intramolecular Hbond substituents is 1. The Morgan fingerprint density at radius 3 is 2.25 bits per heavy atom. The number of hydrogen-bond donors (Lipinski definition) is 1. The van der Waals surface area contributed by atoms with Gasteiger partial charge in [-0.1, -0.05) is 51.7 Å². The Kier molecular flexibility index (Phi) is 9.10. The van der Waals surface area contributed by atoms with Crippen molar-refractivity contribution in [2.45, 2.75) is 46.0 Å². The second-order valence-electron chi connectivity index (χ2n) is 4.29. The summed E-state index contributed by atoms with van der Waals surface area (Å²) >= 11 is 0. The van der Waals surface area contributed by atoms with Gasteiger partial charge in [0, 0.05) is 0 Å². The average molecular weight is 230 g/mol. The van der Waals surface area contributed by atoms with E-state index >= 15 is 0 Å². The van der Waals surface area contributed by atoms with Crippen LogP contribution in [0.1, 0.15) is 45.1 Å². The van der Waals surface area contributed by atoms with Crippen LogP contribution in [0.2, 0.25) is 0 Å². The molecular weight excluding hydrogens is 207 g/mol. The Labute approximate surface area is 122 Å². The standard InChI is InChI=1S/C14H22O.Na.H/c1-3-5-6-12(4-2)11-13-7-9-14(15)10-8-13;;/h7-10,12,15H,3-6,11H2,1-2H3;;. The Bertz CT molecular complexity index is 269. The van der Waals surface area contributed by atoms with Gasteiger partial charge < -0.3 is 5.11 Å². The van der Waals surface area contributed by atoms with E-state index in [0.29, 0.717) is 5.75 Å². The summed E-state index contributed by atoms with van der Waals surface area (Å²) < 4.78 is 0. The van der Waals surface area contributed by atoms with Crippen molar-refractivity contribution in [3.63, 3.8) is 0 Å². The Morgan fingerprint density at radius 2 is 1.75 bits per heavy atom. The van der Waals surface area contributed by atoms with Crippen LogP contribution in [0.15, 0.2) is 24.3 Å². The first kappa shape index (κ1) is 16.0. The molecule has 0 heterocycles. The number of hydrogen-bond acceptors (Lipinski definition) is 1. The SMILES string of the molecule is CCCCC(CC)Cc1ccc(O)cc1.[NaH]. The van der Waals surface area contributed by atoms with E-state index in [1.54, 1.807) is 12.1 Å². The van der Waals surface area contributed by atoms with E-state index in [9.17, 15) is 5.11 Å². The van der Waals surface area contributed by atoms with Crippen LogP contribution >= 0.6 is 0 Å². The topological polar surface area (TPSA) is 20.2 Å². The predicted octanol–water partition coefficient (Wildman–Crippen LogP) is 3.50. The zero-order valence-electron chi connectivity index (χ0n) is 9.87. The number of benzene rings is 1. The molecule has 1 unspecified atom stereocenters. The molecule has 16 heavy (non-hydrogen) atoms. The van der Waals surface area contributed by atoms with Crippen LogP contribution in [0, 0.1) is 5.92 Å². The van der Waals surface area contributed by atoms with Crippen molar-refractivity contribution in [2.75, 3.05) is 0 Å². The molecule has 0 spiro atoms. The summed E-state index contributed by atoms with van der Waals surface area (Å²) in [6.45, 7) is 4.51. The Hall–Kier alpha value is 0.0200. The minimum atomic E-state index is 0. The van der Waals surface area contributed by atoms with Crippen LogP contribution < -0.4 is 0 Å². The van der Waals surface area contributed by atoms with Crippen LogP contribution in [-0.4, -0.2) is 34.7 Å². The third kappa shape index (κ3) is 5.93. The van der Waals surface area contributed by atoms with Crippen molar-refractivity contribution >= 4 is 29.6 Å². The van der Waals surface area contributed by atoms with Crippen LogP contribution in [-0.2, 0) is 6.42 Å². The summed E-state index contributed by atoms with van der Waals surface area (Å²) in [5.74, 6) is 1.16. The first-order valence-electron chi connectivity index (χ1n) is 6.04. The third-order valence-corrected chi connectivity index (χ3v) is 3.00. The Balaban J connectivity index is 0.00000225.